The topological polar surface area (TPSA) is 75.3 Å². The van der Waals surface area contributed by atoms with Crippen LogP contribution >= 0.6 is 0 Å². The highest BCUT2D eigenvalue weighted by atomic mass is 28.4. The van der Waals surface area contributed by atoms with Crippen LogP contribution in [-0.2, 0) is 30.0 Å². The molecule has 1 aliphatic rings. The molecule has 46 heavy (non-hydrogen) atoms. The van der Waals surface area contributed by atoms with Crippen molar-refractivity contribution >= 4 is 24.8 Å². The van der Waals surface area contributed by atoms with E-state index in [0.29, 0.717) is 13.2 Å². The van der Waals surface area contributed by atoms with Crippen molar-refractivity contribution in [3.63, 3.8) is 0 Å². The maximum absolute atomic E-state index is 12.9. The van der Waals surface area contributed by atoms with Crippen LogP contribution in [0.4, 0.5) is 4.79 Å². The highest BCUT2D eigenvalue weighted by Crippen LogP contribution is 2.39. The van der Waals surface area contributed by atoms with E-state index in [-0.39, 0.29) is 17.7 Å². The summed E-state index contributed by atoms with van der Waals surface area (Å²) in [6.07, 6.45) is 2.55. The van der Waals surface area contributed by atoms with Gasteiger partial charge in [0.2, 0.25) is 0 Å². The monoisotopic (exact) mass is 645 g/mol. The van der Waals surface area contributed by atoms with E-state index >= 15 is 0 Å². The molecular weight excluding hydrogens is 595 g/mol. The number of benzene rings is 3. The van der Waals surface area contributed by atoms with Crippen LogP contribution < -0.4 is 15.7 Å². The number of ether oxygens (including phenoxy) is 4. The van der Waals surface area contributed by atoms with Crippen molar-refractivity contribution < 1.29 is 28.2 Å². The molecule has 0 aliphatic carbocycles. The maximum atomic E-state index is 12.9. The Kier molecular flexibility index (Phi) is 11.7. The number of alkyl carbamates (subject to hydrolysis) is 1. The van der Waals surface area contributed by atoms with E-state index in [9.17, 15) is 4.79 Å². The van der Waals surface area contributed by atoms with Crippen LogP contribution in [0.5, 0.6) is 0 Å². The molecule has 248 valence electrons. The molecule has 1 aliphatic heterocycles. The van der Waals surface area contributed by atoms with Crippen LogP contribution in [0.3, 0.4) is 0 Å². The number of carbonyl (C=O) groups is 1. The Morgan fingerprint density at radius 3 is 1.91 bits per heavy atom. The molecule has 0 spiro atoms. The number of rotatable bonds is 12. The Morgan fingerprint density at radius 2 is 1.43 bits per heavy atom. The fourth-order valence-electron chi connectivity index (χ4n) is 5.74. The van der Waals surface area contributed by atoms with E-state index in [0.717, 1.165) is 5.56 Å². The molecule has 3 aromatic carbocycles. The molecule has 0 bridgehead atoms. The Balaban J connectivity index is 1.72. The second-order valence-corrected chi connectivity index (χ2v) is 18.5. The van der Waals surface area contributed by atoms with Gasteiger partial charge in [0.05, 0.1) is 32.0 Å². The van der Waals surface area contributed by atoms with E-state index < -0.39 is 37.9 Å². The van der Waals surface area contributed by atoms with Crippen LogP contribution in [0.15, 0.2) is 103 Å². The lowest BCUT2D eigenvalue weighted by atomic mass is 10.1. The zero-order valence-electron chi connectivity index (χ0n) is 28.6. The van der Waals surface area contributed by atoms with Crippen molar-refractivity contribution in [3.05, 3.63) is 109 Å². The number of amides is 1. The van der Waals surface area contributed by atoms with Crippen LogP contribution in [0.25, 0.3) is 0 Å². The molecule has 7 nitrogen and oxygen atoms in total. The molecule has 3 aromatic rings. The van der Waals surface area contributed by atoms with Crippen molar-refractivity contribution in [3.8, 4) is 0 Å². The minimum Gasteiger partial charge on any atom is -0.444 e. The minimum atomic E-state index is -2.96. The van der Waals surface area contributed by atoms with Crippen molar-refractivity contribution in [2.45, 2.75) is 96.7 Å². The summed E-state index contributed by atoms with van der Waals surface area (Å²) in [5.41, 5.74) is 0.410. The van der Waals surface area contributed by atoms with Gasteiger partial charge in [-0.1, -0.05) is 124 Å². The Morgan fingerprint density at radius 1 is 0.891 bits per heavy atom. The zero-order valence-corrected chi connectivity index (χ0v) is 29.6. The molecule has 0 unspecified atom stereocenters. The lowest BCUT2D eigenvalue weighted by molar-refractivity contribution is -0.146. The molecule has 1 fully saturated rings. The van der Waals surface area contributed by atoms with Crippen LogP contribution in [0.2, 0.25) is 5.04 Å². The van der Waals surface area contributed by atoms with Crippen molar-refractivity contribution in [2.75, 3.05) is 13.2 Å². The molecule has 0 aromatic heterocycles. The van der Waals surface area contributed by atoms with E-state index in [1.165, 1.54) is 10.4 Å². The Hall–Kier alpha value is -3.27. The normalized spacial score (nSPS) is 18.3. The molecule has 1 amide bonds. The fraction of sp³-hybridized carbons (Fsp3) is 0.447. The molecule has 3 atom stereocenters. The third-order valence-corrected chi connectivity index (χ3v) is 12.8. The van der Waals surface area contributed by atoms with Gasteiger partial charge < -0.3 is 28.7 Å². The minimum absolute atomic E-state index is 0.240. The first-order chi connectivity index (χ1) is 21.7. The van der Waals surface area contributed by atoms with Gasteiger partial charge in [0.25, 0.3) is 8.32 Å². The second-order valence-electron chi connectivity index (χ2n) is 14.3. The Labute approximate surface area is 276 Å². The molecule has 0 saturated carbocycles. The first kappa shape index (κ1) is 35.6. The van der Waals surface area contributed by atoms with E-state index in [1.54, 1.807) is 0 Å². The smallest absolute Gasteiger partial charge is 0.408 e. The lowest BCUT2D eigenvalue weighted by Gasteiger charge is -2.45. The summed E-state index contributed by atoms with van der Waals surface area (Å²) >= 11 is 0. The van der Waals surface area contributed by atoms with Gasteiger partial charge in [0.1, 0.15) is 11.7 Å². The highest BCUT2D eigenvalue weighted by Gasteiger charge is 2.53. The van der Waals surface area contributed by atoms with Gasteiger partial charge in [-0.25, -0.2) is 4.79 Å². The van der Waals surface area contributed by atoms with E-state index in [1.807, 2.05) is 89.2 Å². The van der Waals surface area contributed by atoms with Crippen molar-refractivity contribution in [1.29, 1.82) is 0 Å². The third-order valence-electron chi connectivity index (χ3n) is 7.77. The molecule has 1 heterocycles. The number of hydrogen-bond donors (Lipinski definition) is 1. The molecular formula is C38H51NO6Si. The first-order valence-corrected chi connectivity index (χ1v) is 18.0. The summed E-state index contributed by atoms with van der Waals surface area (Å²) in [4.78, 5) is 12.9. The molecule has 1 N–H and O–H groups in total. The van der Waals surface area contributed by atoms with E-state index in [4.69, 9.17) is 23.4 Å². The number of carbonyl (C=O) groups excluding carboxylic acids is 1. The highest BCUT2D eigenvalue weighted by molar-refractivity contribution is 6.99. The van der Waals surface area contributed by atoms with Crippen molar-refractivity contribution in [2.24, 2.45) is 0 Å². The van der Waals surface area contributed by atoms with Gasteiger partial charge in [-0.15, -0.1) is 0 Å². The van der Waals surface area contributed by atoms with Gasteiger partial charge >= 0.3 is 6.09 Å². The fourth-order valence-corrected chi connectivity index (χ4v) is 10.4. The average molecular weight is 646 g/mol. The number of hydrogen-bond acceptors (Lipinski definition) is 6. The van der Waals surface area contributed by atoms with Crippen LogP contribution in [-0.4, -0.2) is 57.3 Å². The third kappa shape index (κ3) is 9.62. The SMILES string of the molecule is CC(C)(C)OC(=O)N[C@@H](/C=C\[C@H](O[Si](c1ccccc1)(c1ccccc1)C(C)(C)C)[C@@H]1COC(C)(C)O1)COCc1ccccc1. The van der Waals surface area contributed by atoms with Gasteiger partial charge in [-0.2, -0.15) is 0 Å². The molecule has 8 heteroatoms. The van der Waals surface area contributed by atoms with Gasteiger partial charge in [-0.3, -0.25) is 0 Å². The summed E-state index contributed by atoms with van der Waals surface area (Å²) in [6.45, 7) is 17.1. The second kappa shape index (κ2) is 15.1. The van der Waals surface area contributed by atoms with Crippen LogP contribution in [0.1, 0.15) is 61.0 Å². The summed E-state index contributed by atoms with van der Waals surface area (Å²) < 4.78 is 31.7. The first-order valence-electron chi connectivity index (χ1n) is 16.1. The van der Waals surface area contributed by atoms with Gasteiger partial charge in [0.15, 0.2) is 5.79 Å². The predicted molar refractivity (Wildman–Crippen MR) is 186 cm³/mol. The van der Waals surface area contributed by atoms with Crippen LogP contribution in [0, 0.1) is 0 Å². The van der Waals surface area contributed by atoms with Gasteiger partial charge in [0, 0.05) is 0 Å². The van der Waals surface area contributed by atoms with Crippen molar-refractivity contribution in [1.82, 2.24) is 5.32 Å². The summed E-state index contributed by atoms with van der Waals surface area (Å²) in [6, 6.07) is 30.5. The largest absolute Gasteiger partial charge is 0.444 e. The predicted octanol–water partition coefficient (Wildman–Crippen LogP) is 6.75. The molecule has 1 saturated heterocycles. The molecule has 0 radical (unpaired) electrons. The average Bonchev–Trinajstić information content (AvgIpc) is 3.36. The maximum Gasteiger partial charge on any atom is 0.408 e. The Bertz CT molecular complexity index is 1360. The van der Waals surface area contributed by atoms with E-state index in [2.05, 4.69) is 74.6 Å². The quantitative estimate of drug-likeness (QED) is 0.174. The van der Waals surface area contributed by atoms with Gasteiger partial charge in [-0.05, 0) is 55.6 Å². The zero-order chi connectivity index (χ0) is 33.4. The summed E-state index contributed by atoms with van der Waals surface area (Å²) in [7, 11) is -2.96. The molecule has 4 rings (SSSR count). The number of nitrogens with one attached hydrogen (secondary N) is 1. The summed E-state index contributed by atoms with van der Waals surface area (Å²) in [5, 5.41) is 5.08. The standard InChI is InChI=1S/C38H51NO6Si/c1-36(2,3)44-35(40)39-30(27-41-26-29-18-12-9-13-19-29)24-25-33(34-28-42-38(7,8)43-34)45-46(37(4,5)6,31-20-14-10-15-21-31)32-22-16-11-17-23-32/h9-25,30,33-34H,26-28H2,1-8H3,(H,39,40)/b25-24-/t30-,33-,34-/m0/s1. The summed E-state index contributed by atoms with van der Waals surface area (Å²) in [5.74, 6) is -0.751. The lowest BCUT2D eigenvalue weighted by Crippen LogP contribution is -2.68.